The first-order chi connectivity index (χ1) is 20.5. The topological polar surface area (TPSA) is 107 Å². The number of hydrogen-bond donors (Lipinski definition) is 2. The van der Waals surface area contributed by atoms with Gasteiger partial charge in [0.15, 0.2) is 5.65 Å². The van der Waals surface area contributed by atoms with Crippen LogP contribution in [0.2, 0.25) is 0 Å². The van der Waals surface area contributed by atoms with Gasteiger partial charge in [-0.05, 0) is 50.7 Å². The molecule has 1 fully saturated rings. The number of fused-ring (bicyclic) bond motifs is 1. The van der Waals surface area contributed by atoms with Crippen LogP contribution in [-0.2, 0) is 4.74 Å². The van der Waals surface area contributed by atoms with Crippen molar-refractivity contribution in [2.45, 2.75) is 97.9 Å². The molecule has 2 N–H and O–H groups in total. The number of imidazole rings is 1. The molecular formula is C32H54FN7O3. The van der Waals surface area contributed by atoms with Crippen molar-refractivity contribution in [2.24, 2.45) is 0 Å². The summed E-state index contributed by atoms with van der Waals surface area (Å²) in [5.74, 6) is 0.820. The number of unbranched alkanes of at least 4 members (excludes halogenated alkanes) is 4. The van der Waals surface area contributed by atoms with Crippen molar-refractivity contribution in [1.82, 2.24) is 24.5 Å². The fourth-order valence-corrected chi connectivity index (χ4v) is 5.67. The minimum atomic E-state index is -0.174. The molecule has 1 saturated heterocycles. The van der Waals surface area contributed by atoms with E-state index < -0.39 is 0 Å². The maximum absolute atomic E-state index is 12.4. The number of aromatic amines is 1. The summed E-state index contributed by atoms with van der Waals surface area (Å²) in [4.78, 5) is 28.1. The Labute approximate surface area is 256 Å². The zero-order valence-electron chi connectivity index (χ0n) is 27.0. The van der Waals surface area contributed by atoms with Gasteiger partial charge in [-0.15, -0.1) is 0 Å². The Hall–Kier alpha value is -3.05. The molecule has 0 amide bonds. The molecule has 0 spiro atoms. The molecule has 0 unspecified atom stereocenters. The molecular weight excluding hydrogens is 549 g/mol. The van der Waals surface area contributed by atoms with Crippen LogP contribution in [0.25, 0.3) is 11.2 Å². The number of quaternary nitrogens is 1. The maximum atomic E-state index is 12.4. The van der Waals surface area contributed by atoms with E-state index in [1.165, 1.54) is 82.0 Å². The quantitative estimate of drug-likeness (QED) is 0.241. The fourth-order valence-electron chi connectivity index (χ4n) is 5.67. The van der Waals surface area contributed by atoms with Crippen molar-refractivity contribution in [1.29, 1.82) is 0 Å². The van der Waals surface area contributed by atoms with Gasteiger partial charge in [0.1, 0.15) is 11.2 Å². The Morgan fingerprint density at radius 2 is 1.56 bits per heavy atom. The van der Waals surface area contributed by atoms with Crippen molar-refractivity contribution < 1.29 is 18.7 Å². The van der Waals surface area contributed by atoms with Crippen LogP contribution in [0.5, 0.6) is 5.88 Å². The van der Waals surface area contributed by atoms with Gasteiger partial charge < -0.3 is 29.0 Å². The molecule has 4 rings (SSSR count). The molecule has 0 aromatic carbocycles. The molecule has 0 atom stereocenters. The smallest absolute Gasteiger partial charge is 0.327 e. The molecule has 242 valence electrons. The van der Waals surface area contributed by atoms with Gasteiger partial charge in [0.25, 0.3) is 0 Å². The maximum Gasteiger partial charge on any atom is 0.327 e. The lowest BCUT2D eigenvalue weighted by Crippen LogP contribution is -3.00. The van der Waals surface area contributed by atoms with Gasteiger partial charge in [0.2, 0.25) is 11.8 Å². The third kappa shape index (κ3) is 10.6. The van der Waals surface area contributed by atoms with Gasteiger partial charge in [-0.25, -0.2) is 14.8 Å². The first-order valence-corrected chi connectivity index (χ1v) is 16.2. The van der Waals surface area contributed by atoms with E-state index in [1.807, 2.05) is 6.07 Å². The lowest BCUT2D eigenvalue weighted by molar-refractivity contribution is -0.929. The van der Waals surface area contributed by atoms with Crippen molar-refractivity contribution in [3.05, 3.63) is 35.0 Å². The molecule has 43 heavy (non-hydrogen) atoms. The van der Waals surface area contributed by atoms with E-state index in [-0.39, 0.29) is 16.4 Å². The summed E-state index contributed by atoms with van der Waals surface area (Å²) in [6.07, 6.45) is 15.9. The van der Waals surface area contributed by atoms with Crippen LogP contribution in [0.1, 0.15) is 97.9 Å². The Kier molecular flexibility index (Phi) is 16.2. The van der Waals surface area contributed by atoms with Crippen LogP contribution in [-0.4, -0.2) is 75.5 Å². The third-order valence-corrected chi connectivity index (χ3v) is 8.17. The van der Waals surface area contributed by atoms with E-state index in [0.29, 0.717) is 41.9 Å². The first kappa shape index (κ1) is 36.1. The zero-order chi connectivity index (χ0) is 30.2. The first-order valence-electron chi connectivity index (χ1n) is 16.2. The number of rotatable bonds is 16. The summed E-state index contributed by atoms with van der Waals surface area (Å²) in [6.45, 7) is 16.3. The molecule has 0 radical (unpaired) electrons. The van der Waals surface area contributed by atoms with Crippen LogP contribution in [0, 0.1) is 0 Å². The SMILES string of the molecule is CCCC[N+](CCCC)(CCCC)CCCC.COc1ncccc1Nc1ncc2[nH]c(=O)n(C3CCOCC3)c2n1.[F-]. The van der Waals surface area contributed by atoms with Crippen LogP contribution in [0.4, 0.5) is 11.6 Å². The summed E-state index contributed by atoms with van der Waals surface area (Å²) < 4.78 is 13.7. The second kappa shape index (κ2) is 19.3. The molecule has 3 aromatic heterocycles. The number of pyridine rings is 1. The highest BCUT2D eigenvalue weighted by atomic mass is 19.0. The number of H-pyrrole nitrogens is 1. The van der Waals surface area contributed by atoms with E-state index in [0.717, 1.165) is 12.8 Å². The second-order valence-corrected chi connectivity index (χ2v) is 11.4. The standard InChI is InChI=1S/C16H18N6O3.C16H36N.FH/c1-24-14-11(3-2-6-17-14)19-15-18-9-12-13(21-15)22(16(23)20-12)10-4-7-25-8-5-10;1-5-9-13-17(14-10-6-2,15-11-7-3)16-12-8-4;/h2-3,6,9-10H,4-5,7-8H2,1H3,(H,20,23)(H,18,19,21);5-16H2,1-4H3;1H/q;+1;/p-1. The summed E-state index contributed by atoms with van der Waals surface area (Å²) >= 11 is 0. The second-order valence-electron chi connectivity index (χ2n) is 11.4. The van der Waals surface area contributed by atoms with E-state index in [1.54, 1.807) is 30.1 Å². The van der Waals surface area contributed by atoms with Crippen LogP contribution < -0.4 is 20.4 Å². The Balaban J connectivity index is 0.000000318. The van der Waals surface area contributed by atoms with Gasteiger partial charge in [-0.2, -0.15) is 4.98 Å². The fraction of sp³-hybridized carbons (Fsp3) is 0.688. The van der Waals surface area contributed by atoms with Gasteiger partial charge in [-0.1, -0.05) is 53.4 Å². The molecule has 1 aliphatic heterocycles. The number of aromatic nitrogens is 5. The lowest BCUT2D eigenvalue weighted by atomic mass is 10.1. The highest BCUT2D eigenvalue weighted by Crippen LogP contribution is 2.26. The number of halogens is 1. The molecule has 0 bridgehead atoms. The Bertz CT molecular complexity index is 1210. The van der Waals surface area contributed by atoms with Gasteiger partial charge in [-0.3, -0.25) is 4.57 Å². The Morgan fingerprint density at radius 3 is 2.09 bits per heavy atom. The van der Waals surface area contributed by atoms with E-state index >= 15 is 0 Å². The number of anilines is 2. The average molecular weight is 604 g/mol. The van der Waals surface area contributed by atoms with E-state index in [2.05, 4.69) is 52.9 Å². The predicted octanol–water partition coefficient (Wildman–Crippen LogP) is 3.63. The molecule has 11 heteroatoms. The number of hydrogen-bond acceptors (Lipinski definition) is 7. The van der Waals surface area contributed by atoms with Crippen molar-refractivity contribution in [3.63, 3.8) is 0 Å². The van der Waals surface area contributed by atoms with Crippen LogP contribution in [0.3, 0.4) is 0 Å². The number of ether oxygens (including phenoxy) is 2. The lowest BCUT2D eigenvalue weighted by Gasteiger charge is -2.39. The normalized spacial score (nSPS) is 13.7. The van der Waals surface area contributed by atoms with Crippen molar-refractivity contribution >= 4 is 22.8 Å². The van der Waals surface area contributed by atoms with Gasteiger partial charge >= 0.3 is 5.69 Å². The average Bonchev–Trinajstić information content (AvgIpc) is 3.36. The molecule has 3 aromatic rings. The van der Waals surface area contributed by atoms with Crippen LogP contribution in [0.15, 0.2) is 29.3 Å². The summed E-state index contributed by atoms with van der Waals surface area (Å²) in [5.41, 5.74) is 1.67. The van der Waals surface area contributed by atoms with Gasteiger partial charge in [0, 0.05) is 25.5 Å². The minimum Gasteiger partial charge on any atom is -1.00 e. The number of methoxy groups -OCH3 is 1. The molecule has 4 heterocycles. The highest BCUT2D eigenvalue weighted by molar-refractivity contribution is 5.72. The number of nitrogens with zero attached hydrogens (tertiary/aromatic N) is 5. The van der Waals surface area contributed by atoms with Crippen molar-refractivity contribution in [2.75, 3.05) is 51.8 Å². The van der Waals surface area contributed by atoms with Crippen LogP contribution >= 0.6 is 0 Å². The monoisotopic (exact) mass is 603 g/mol. The van der Waals surface area contributed by atoms with Gasteiger partial charge in [0.05, 0.1) is 39.5 Å². The molecule has 1 aliphatic rings. The Morgan fingerprint density at radius 1 is 0.977 bits per heavy atom. The highest BCUT2D eigenvalue weighted by Gasteiger charge is 2.25. The van der Waals surface area contributed by atoms with E-state index in [9.17, 15) is 4.79 Å². The molecule has 0 aliphatic carbocycles. The third-order valence-electron chi connectivity index (χ3n) is 8.17. The summed E-state index contributed by atoms with van der Waals surface area (Å²) in [5, 5.41) is 3.09. The summed E-state index contributed by atoms with van der Waals surface area (Å²) in [7, 11) is 1.55. The number of nitrogens with one attached hydrogen (secondary N) is 2. The zero-order valence-corrected chi connectivity index (χ0v) is 27.0. The molecule has 10 nitrogen and oxygen atoms in total. The summed E-state index contributed by atoms with van der Waals surface area (Å²) in [6, 6.07) is 3.69. The largest absolute Gasteiger partial charge is 1.00 e. The van der Waals surface area contributed by atoms with Crippen molar-refractivity contribution in [3.8, 4) is 5.88 Å². The predicted molar refractivity (Wildman–Crippen MR) is 171 cm³/mol. The minimum absolute atomic E-state index is 0. The van der Waals surface area contributed by atoms with E-state index in [4.69, 9.17) is 9.47 Å². The molecule has 0 saturated carbocycles.